The van der Waals surface area contributed by atoms with E-state index in [0.29, 0.717) is 5.69 Å². The highest BCUT2D eigenvalue weighted by molar-refractivity contribution is 7.86. The summed E-state index contributed by atoms with van der Waals surface area (Å²) < 4.78 is 96.4. The maximum Gasteiger partial charge on any atom is 0.294 e. The van der Waals surface area contributed by atoms with Crippen LogP contribution in [0.25, 0.3) is 0 Å². The first-order valence-electron chi connectivity index (χ1n) is 14.0. The lowest BCUT2D eigenvalue weighted by molar-refractivity contribution is 0.481. The van der Waals surface area contributed by atoms with E-state index in [9.17, 15) is 44.9 Å². The minimum absolute atomic E-state index is 0.000210. The van der Waals surface area contributed by atoms with Crippen molar-refractivity contribution in [1.82, 2.24) is 4.98 Å². The van der Waals surface area contributed by atoms with Gasteiger partial charge in [0.25, 0.3) is 30.4 Å². The Kier molecular flexibility index (Phi) is 10.5. The van der Waals surface area contributed by atoms with Crippen molar-refractivity contribution in [3.63, 3.8) is 0 Å². The van der Waals surface area contributed by atoms with Crippen LogP contribution in [0.2, 0.25) is 0 Å². The Balaban J connectivity index is 1.53. The van der Waals surface area contributed by atoms with Crippen molar-refractivity contribution in [2.45, 2.75) is 21.6 Å². The average Bonchev–Trinajstić information content (AvgIpc) is 3.49. The molecule has 18 nitrogen and oxygen atoms in total. The lowest BCUT2D eigenvalue weighted by atomic mass is 10.1. The van der Waals surface area contributed by atoms with Crippen molar-refractivity contribution < 1.29 is 38.9 Å². The predicted molar refractivity (Wildman–Crippen MR) is 186 cm³/mol. The second kappa shape index (κ2) is 14.7. The topological polar surface area (TPSA) is 297 Å². The van der Waals surface area contributed by atoms with E-state index in [2.05, 4.69) is 36.1 Å². The van der Waals surface area contributed by atoms with Gasteiger partial charge in [-0.1, -0.05) is 11.3 Å². The van der Waals surface area contributed by atoms with Crippen LogP contribution in [-0.4, -0.2) is 43.9 Å². The molecule has 0 radical (unpaired) electrons. The number of hydrogen-bond acceptors (Lipinski definition) is 16. The highest BCUT2D eigenvalue weighted by Crippen LogP contribution is 2.41. The minimum atomic E-state index is -4.49. The molecule has 3 aromatic carbocycles. The van der Waals surface area contributed by atoms with Crippen LogP contribution >= 0.6 is 11.3 Å². The lowest BCUT2D eigenvalue weighted by Crippen LogP contribution is -2.05. The summed E-state index contributed by atoms with van der Waals surface area (Å²) in [7, 11) is -13.3. The van der Waals surface area contributed by atoms with Crippen LogP contribution in [-0.2, 0) is 30.4 Å². The SMILES string of the molecule is Cc1c(C#N)c(Nc2ccc(S(=O)(=O)O)cc2)nc(Nc2ccc(S(=O)(=O)O)cc2)c1N=Nc1sc(N=Nc2ccc(S(=O)(=O)O)cc2)cc1C#N. The number of hydrogen-bond donors (Lipinski definition) is 5. The molecule has 5 rings (SSSR count). The molecule has 0 spiro atoms. The highest BCUT2D eigenvalue weighted by Gasteiger charge is 2.20. The summed E-state index contributed by atoms with van der Waals surface area (Å²) in [5.74, 6) is -0.00278. The number of nitriles is 2. The van der Waals surface area contributed by atoms with Crippen molar-refractivity contribution in [2.24, 2.45) is 20.5 Å². The zero-order chi connectivity index (χ0) is 37.8. The van der Waals surface area contributed by atoms with Gasteiger partial charge in [-0.05, 0) is 85.8 Å². The summed E-state index contributed by atoms with van der Waals surface area (Å²) >= 11 is 0.929. The van der Waals surface area contributed by atoms with E-state index in [1.165, 1.54) is 42.5 Å². The molecule has 264 valence electrons. The lowest BCUT2D eigenvalue weighted by Gasteiger charge is -2.16. The number of benzene rings is 3. The summed E-state index contributed by atoms with van der Waals surface area (Å²) in [5, 5.41) is 42.6. The molecule has 22 heteroatoms. The van der Waals surface area contributed by atoms with Gasteiger partial charge in [0.2, 0.25) is 0 Å². The quantitative estimate of drug-likeness (QED) is 0.0651. The van der Waals surface area contributed by atoms with Gasteiger partial charge in [0.1, 0.15) is 22.8 Å². The maximum atomic E-state index is 11.5. The summed E-state index contributed by atoms with van der Waals surface area (Å²) in [4.78, 5) is 3.43. The third-order valence-corrected chi connectivity index (χ3v) is 10.3. The van der Waals surface area contributed by atoms with Crippen LogP contribution in [0, 0.1) is 29.6 Å². The molecule has 0 bridgehead atoms. The molecule has 5 N–H and O–H groups in total. The maximum absolute atomic E-state index is 11.5. The van der Waals surface area contributed by atoms with Crippen molar-refractivity contribution in [1.29, 1.82) is 10.5 Å². The number of anilines is 4. The van der Waals surface area contributed by atoms with Gasteiger partial charge in [0.15, 0.2) is 16.6 Å². The third-order valence-electron chi connectivity index (χ3n) is 6.82. The normalized spacial score (nSPS) is 12.1. The molecule has 0 fully saturated rings. The molecular formula is C30H21N9O9S4. The van der Waals surface area contributed by atoms with E-state index in [4.69, 9.17) is 4.55 Å². The van der Waals surface area contributed by atoms with Crippen LogP contribution in [0.15, 0.2) is 114 Å². The number of azo groups is 2. The monoisotopic (exact) mass is 779 g/mol. The first kappa shape index (κ1) is 37.3. The number of thiophene rings is 1. The fourth-order valence-corrected chi connectivity index (χ4v) is 6.48. The molecule has 0 atom stereocenters. The molecule has 0 unspecified atom stereocenters. The molecule has 2 aromatic heterocycles. The number of aromatic nitrogens is 1. The molecule has 0 saturated carbocycles. The highest BCUT2D eigenvalue weighted by atomic mass is 32.2. The van der Waals surface area contributed by atoms with E-state index in [1.54, 1.807) is 6.92 Å². The third kappa shape index (κ3) is 8.84. The summed E-state index contributed by atoms with van der Waals surface area (Å²) in [6.07, 6.45) is 0. The molecule has 0 aliphatic carbocycles. The zero-order valence-corrected chi connectivity index (χ0v) is 29.3. The van der Waals surface area contributed by atoms with Crippen LogP contribution in [0.3, 0.4) is 0 Å². The predicted octanol–water partition coefficient (Wildman–Crippen LogP) is 7.25. The first-order chi connectivity index (χ1) is 24.5. The molecule has 0 amide bonds. The Morgan fingerprint density at radius 2 is 1.13 bits per heavy atom. The van der Waals surface area contributed by atoms with E-state index in [-0.39, 0.29) is 70.1 Å². The Bertz CT molecular complexity index is 2670. The Labute approximate surface area is 299 Å². The molecule has 52 heavy (non-hydrogen) atoms. The van der Waals surface area contributed by atoms with Crippen LogP contribution < -0.4 is 10.6 Å². The first-order valence-corrected chi connectivity index (χ1v) is 19.2. The molecule has 0 aliphatic heterocycles. The molecule has 2 heterocycles. The fraction of sp³-hybridized carbons (Fsp3) is 0.0333. The van der Waals surface area contributed by atoms with Gasteiger partial charge in [-0.3, -0.25) is 13.7 Å². The Morgan fingerprint density at radius 1 is 0.654 bits per heavy atom. The summed E-state index contributed by atoms with van der Waals surface area (Å²) in [6, 6.07) is 20.2. The van der Waals surface area contributed by atoms with Gasteiger partial charge < -0.3 is 10.6 Å². The van der Waals surface area contributed by atoms with E-state index in [0.717, 1.165) is 47.7 Å². The van der Waals surface area contributed by atoms with Gasteiger partial charge in [-0.15, -0.1) is 20.5 Å². The summed E-state index contributed by atoms with van der Waals surface area (Å²) in [6.45, 7) is 1.54. The second-order valence-electron chi connectivity index (χ2n) is 10.3. The smallest absolute Gasteiger partial charge is 0.294 e. The number of nitrogens with one attached hydrogen (secondary N) is 2. The van der Waals surface area contributed by atoms with E-state index < -0.39 is 30.4 Å². The number of pyridine rings is 1. The Morgan fingerprint density at radius 3 is 1.60 bits per heavy atom. The second-order valence-corrected chi connectivity index (χ2v) is 15.6. The van der Waals surface area contributed by atoms with Gasteiger partial charge in [-0.25, -0.2) is 4.98 Å². The summed E-state index contributed by atoms with van der Waals surface area (Å²) in [5.41, 5.74) is 1.17. The van der Waals surface area contributed by atoms with Gasteiger partial charge in [0.05, 0.1) is 31.5 Å². The van der Waals surface area contributed by atoms with Crippen LogP contribution in [0.4, 0.5) is 44.4 Å². The standard InChI is InChI=1S/C30H21N9O9S4/c1-17-25(16-32)28(33-19-2-8-22(9-3-19)50(40,41)42)35-29(34-20-4-10-23(11-5-20)51(43,44)45)27(17)38-39-30-18(15-31)14-26(49-30)37-36-21-6-12-24(13-7-21)52(46,47)48/h2-14H,1H3,(H2,33,34,35)(H,40,41,42)(H,43,44,45)(H,46,47,48). The Hall–Kier alpha value is -5.98. The van der Waals surface area contributed by atoms with E-state index >= 15 is 0 Å². The average molecular weight is 780 g/mol. The largest absolute Gasteiger partial charge is 0.339 e. The van der Waals surface area contributed by atoms with Crippen molar-refractivity contribution in [2.75, 3.05) is 10.6 Å². The molecular weight excluding hydrogens is 759 g/mol. The van der Waals surface area contributed by atoms with Crippen molar-refractivity contribution in [3.8, 4) is 12.1 Å². The van der Waals surface area contributed by atoms with E-state index in [1.807, 2.05) is 12.1 Å². The minimum Gasteiger partial charge on any atom is -0.339 e. The van der Waals surface area contributed by atoms with Gasteiger partial charge >= 0.3 is 0 Å². The van der Waals surface area contributed by atoms with Crippen molar-refractivity contribution >= 4 is 86.1 Å². The number of rotatable bonds is 11. The molecule has 5 aromatic rings. The van der Waals surface area contributed by atoms with Gasteiger partial charge in [0, 0.05) is 16.9 Å². The fourth-order valence-electron chi connectivity index (χ4n) is 4.28. The molecule has 0 aliphatic rings. The number of nitrogens with zero attached hydrogens (tertiary/aromatic N) is 7. The van der Waals surface area contributed by atoms with Gasteiger partial charge in [-0.2, -0.15) is 35.8 Å². The van der Waals surface area contributed by atoms with Crippen LogP contribution in [0.1, 0.15) is 16.7 Å². The zero-order valence-electron chi connectivity index (χ0n) is 26.1. The molecule has 0 saturated heterocycles. The van der Waals surface area contributed by atoms with Crippen molar-refractivity contribution in [3.05, 3.63) is 95.6 Å². The van der Waals surface area contributed by atoms with Crippen LogP contribution in [0.5, 0.6) is 0 Å².